The maximum atomic E-state index is 13.5. The number of alkyl halides is 3. The van der Waals surface area contributed by atoms with E-state index in [9.17, 15) is 32.0 Å². The molecular weight excluding hydrogens is 483 g/mol. The van der Waals surface area contributed by atoms with Crippen LogP contribution >= 0.6 is 0 Å². The number of ether oxygens (including phenoxy) is 1. The van der Waals surface area contributed by atoms with Crippen LogP contribution in [0.2, 0.25) is 0 Å². The molecule has 0 spiro atoms. The second kappa shape index (κ2) is 10.3. The van der Waals surface area contributed by atoms with Crippen molar-refractivity contribution >= 4 is 5.91 Å². The van der Waals surface area contributed by atoms with Gasteiger partial charge in [-0.2, -0.15) is 18.4 Å². The summed E-state index contributed by atoms with van der Waals surface area (Å²) >= 11 is 0. The fraction of sp³-hybridized carbons (Fsp3) is 0.280. The van der Waals surface area contributed by atoms with Gasteiger partial charge in [-0.25, -0.2) is 18.7 Å². The first kappa shape index (κ1) is 25.0. The Hall–Kier alpha value is -4.07. The molecule has 0 unspecified atom stereocenters. The molecule has 36 heavy (non-hydrogen) atoms. The van der Waals surface area contributed by atoms with Crippen LogP contribution in [0, 0.1) is 23.0 Å². The highest BCUT2D eigenvalue weighted by molar-refractivity contribution is 5.79. The molecule has 1 saturated heterocycles. The third kappa shape index (κ3) is 5.94. The zero-order valence-corrected chi connectivity index (χ0v) is 18.7. The number of hydrogen-bond acceptors (Lipinski definition) is 5. The van der Waals surface area contributed by atoms with Gasteiger partial charge in [0.1, 0.15) is 35.9 Å². The van der Waals surface area contributed by atoms with E-state index < -0.39 is 36.2 Å². The Morgan fingerprint density at radius 1 is 0.944 bits per heavy atom. The van der Waals surface area contributed by atoms with E-state index in [0.717, 1.165) is 4.90 Å². The highest BCUT2D eigenvalue weighted by Gasteiger charge is 2.35. The Balaban J connectivity index is 1.61. The van der Waals surface area contributed by atoms with Gasteiger partial charge in [-0.05, 0) is 48.5 Å². The predicted molar refractivity (Wildman–Crippen MR) is 118 cm³/mol. The number of hydrogen-bond donors (Lipinski definition) is 0. The van der Waals surface area contributed by atoms with E-state index in [4.69, 9.17) is 4.74 Å². The molecule has 1 fully saturated rings. The van der Waals surface area contributed by atoms with E-state index in [1.807, 2.05) is 6.07 Å². The number of carbonyl (C=O) groups is 1. The summed E-state index contributed by atoms with van der Waals surface area (Å²) in [6, 6.07) is 12.8. The number of aromatic nitrogens is 2. The van der Waals surface area contributed by atoms with Gasteiger partial charge in [0.2, 0.25) is 11.6 Å². The van der Waals surface area contributed by atoms with Gasteiger partial charge in [0.05, 0.1) is 5.69 Å². The van der Waals surface area contributed by atoms with Crippen LogP contribution in [0.5, 0.6) is 5.88 Å². The fourth-order valence-electron chi connectivity index (χ4n) is 3.86. The molecule has 1 aromatic heterocycles. The number of nitrogens with zero attached hydrogens (tertiary/aromatic N) is 4. The summed E-state index contributed by atoms with van der Waals surface area (Å²) in [7, 11) is 0. The van der Waals surface area contributed by atoms with E-state index >= 15 is 0 Å². The van der Waals surface area contributed by atoms with Gasteiger partial charge < -0.3 is 9.64 Å². The molecule has 1 aliphatic heterocycles. The normalized spacial score (nSPS) is 14.4. The van der Waals surface area contributed by atoms with Crippen LogP contribution in [0.1, 0.15) is 25.0 Å². The molecular formula is C25H19F5N4O2. The molecule has 3 aromatic rings. The average Bonchev–Trinajstić information content (AvgIpc) is 2.84. The maximum Gasteiger partial charge on any atom is 0.397 e. The first-order chi connectivity index (χ1) is 17.1. The lowest BCUT2D eigenvalue weighted by atomic mass is 10.0. The number of amides is 1. The molecule has 0 aliphatic carbocycles. The van der Waals surface area contributed by atoms with Crippen molar-refractivity contribution < 1.29 is 31.5 Å². The lowest BCUT2D eigenvalue weighted by molar-refractivity contribution is -0.162. The lowest BCUT2D eigenvalue weighted by Crippen LogP contribution is -2.43. The summed E-state index contributed by atoms with van der Waals surface area (Å²) in [6.45, 7) is 0.126. The highest BCUT2D eigenvalue weighted by Crippen LogP contribution is 2.33. The second-order valence-electron chi connectivity index (χ2n) is 8.19. The van der Waals surface area contributed by atoms with E-state index in [2.05, 4.69) is 9.97 Å². The Labute approximate surface area is 203 Å². The van der Waals surface area contributed by atoms with E-state index in [0.29, 0.717) is 11.1 Å². The topological polar surface area (TPSA) is 79.1 Å². The summed E-state index contributed by atoms with van der Waals surface area (Å²) in [6.07, 6.45) is -6.14. The van der Waals surface area contributed by atoms with Gasteiger partial charge in [-0.1, -0.05) is 0 Å². The molecule has 186 valence electrons. The maximum absolute atomic E-state index is 13.5. The zero-order valence-electron chi connectivity index (χ0n) is 18.7. The minimum absolute atomic E-state index is 0.0629. The van der Waals surface area contributed by atoms with E-state index in [-0.39, 0.29) is 48.9 Å². The summed E-state index contributed by atoms with van der Waals surface area (Å²) in [4.78, 5) is 21.8. The Bertz CT molecular complexity index is 1280. The highest BCUT2D eigenvalue weighted by atomic mass is 19.4. The van der Waals surface area contributed by atoms with E-state index in [1.165, 1.54) is 48.5 Å². The van der Waals surface area contributed by atoms with Gasteiger partial charge >= 0.3 is 6.18 Å². The number of benzene rings is 2. The number of likely N-dealkylation sites (tertiary alicyclic amines) is 1. The van der Waals surface area contributed by atoms with Crippen molar-refractivity contribution in [2.24, 2.45) is 0 Å². The van der Waals surface area contributed by atoms with Crippen molar-refractivity contribution in [3.63, 3.8) is 0 Å². The van der Waals surface area contributed by atoms with Crippen LogP contribution in [-0.4, -0.2) is 46.1 Å². The molecule has 6 nitrogen and oxygen atoms in total. The van der Waals surface area contributed by atoms with Crippen LogP contribution in [0.15, 0.2) is 48.5 Å². The van der Waals surface area contributed by atoms with Crippen molar-refractivity contribution in [1.82, 2.24) is 14.9 Å². The number of carbonyl (C=O) groups excluding carboxylic acids is 1. The average molecular weight is 502 g/mol. The Morgan fingerprint density at radius 3 is 1.92 bits per heavy atom. The first-order valence-electron chi connectivity index (χ1n) is 11.0. The van der Waals surface area contributed by atoms with Crippen molar-refractivity contribution in [3.05, 3.63) is 65.9 Å². The molecule has 1 aliphatic rings. The number of rotatable bonds is 5. The quantitative estimate of drug-likeness (QED) is 0.444. The van der Waals surface area contributed by atoms with Gasteiger partial charge in [-0.15, -0.1) is 0 Å². The Morgan fingerprint density at radius 2 is 1.44 bits per heavy atom. The molecule has 0 atom stereocenters. The standard InChI is InChI=1S/C25H19F5N4O2/c26-17-5-1-15(2-6-17)22-23(16-3-7-18(27)8-4-16)33-24(20(14-31)32-22)36-19-9-11-34(12-10-19)21(35)13-25(28,29)30/h1-8,19H,9-13H2. The second-order valence-corrected chi connectivity index (χ2v) is 8.19. The number of nitriles is 1. The molecule has 2 heterocycles. The SMILES string of the molecule is N#Cc1nc(-c2ccc(F)cc2)c(-c2ccc(F)cc2)nc1OC1CCN(C(=O)CC(F)(F)F)CC1. The van der Waals surface area contributed by atoms with Gasteiger partial charge in [-0.3, -0.25) is 4.79 Å². The van der Waals surface area contributed by atoms with Crippen LogP contribution in [0.4, 0.5) is 22.0 Å². The van der Waals surface area contributed by atoms with Gasteiger partial charge in [0.25, 0.3) is 5.88 Å². The smallest absolute Gasteiger partial charge is 0.397 e. The van der Waals surface area contributed by atoms with Crippen molar-refractivity contribution in [1.29, 1.82) is 5.26 Å². The van der Waals surface area contributed by atoms with Crippen LogP contribution in [0.25, 0.3) is 22.5 Å². The van der Waals surface area contributed by atoms with Gasteiger partial charge in [0, 0.05) is 37.1 Å². The molecule has 0 radical (unpaired) electrons. The van der Waals surface area contributed by atoms with E-state index in [1.54, 1.807) is 0 Å². The minimum atomic E-state index is -4.58. The predicted octanol–water partition coefficient (Wildman–Crippen LogP) is 5.28. The summed E-state index contributed by atoms with van der Waals surface area (Å²) in [5.41, 5.74) is 1.34. The first-order valence-corrected chi connectivity index (χ1v) is 11.0. The number of piperidine rings is 1. The molecule has 1 amide bonds. The van der Waals surface area contributed by atoms with Crippen LogP contribution in [0.3, 0.4) is 0 Å². The van der Waals surface area contributed by atoms with Crippen LogP contribution in [-0.2, 0) is 4.79 Å². The summed E-state index contributed by atoms with van der Waals surface area (Å²) in [5, 5.41) is 9.68. The zero-order chi connectivity index (χ0) is 25.9. The molecule has 0 N–H and O–H groups in total. The Kier molecular flexibility index (Phi) is 7.15. The molecule has 0 saturated carbocycles. The van der Waals surface area contributed by atoms with Crippen molar-refractivity contribution in [2.45, 2.75) is 31.5 Å². The largest absolute Gasteiger partial charge is 0.472 e. The third-order valence-corrected chi connectivity index (χ3v) is 5.63. The summed E-state index contributed by atoms with van der Waals surface area (Å²) in [5.74, 6) is -2.02. The number of halogens is 5. The van der Waals surface area contributed by atoms with Gasteiger partial charge in [0.15, 0.2) is 0 Å². The fourth-order valence-corrected chi connectivity index (χ4v) is 3.86. The molecule has 0 bridgehead atoms. The molecule has 2 aromatic carbocycles. The lowest BCUT2D eigenvalue weighted by Gasteiger charge is -2.32. The molecule has 11 heteroatoms. The van der Waals surface area contributed by atoms with Crippen LogP contribution < -0.4 is 4.74 Å². The molecule has 4 rings (SSSR count). The monoisotopic (exact) mass is 502 g/mol. The third-order valence-electron chi connectivity index (χ3n) is 5.63. The summed E-state index contributed by atoms with van der Waals surface area (Å²) < 4.78 is 70.5. The minimum Gasteiger partial charge on any atom is -0.472 e. The van der Waals surface area contributed by atoms with Crippen molar-refractivity contribution in [2.75, 3.05) is 13.1 Å². The van der Waals surface area contributed by atoms with Crippen molar-refractivity contribution in [3.8, 4) is 34.5 Å².